The second kappa shape index (κ2) is 8.75. The first kappa shape index (κ1) is 21.2. The van der Waals surface area contributed by atoms with Crippen molar-refractivity contribution < 1.29 is 13.2 Å². The van der Waals surface area contributed by atoms with Gasteiger partial charge < -0.3 is 15.0 Å². The van der Waals surface area contributed by atoms with Crippen molar-refractivity contribution in [1.29, 1.82) is 0 Å². The van der Waals surface area contributed by atoms with Crippen molar-refractivity contribution in [3.63, 3.8) is 0 Å². The van der Waals surface area contributed by atoms with Gasteiger partial charge in [0.05, 0.1) is 12.9 Å². The Morgan fingerprint density at radius 2 is 2.04 bits per heavy atom. The van der Waals surface area contributed by atoms with Gasteiger partial charge in [-0.3, -0.25) is 9.71 Å². The monoisotopic (exact) mass is 494 g/mol. The summed E-state index contributed by atoms with van der Waals surface area (Å²) in [4.78, 5) is 6.70. The molecule has 2 aliphatic heterocycles. The number of halogens is 1. The minimum atomic E-state index is -3.24. The number of anilines is 1. The SMILES string of the molecule is CN=C(NCc1ccc(NS(C)(=O)=O)cc1)N1CCC2(CCOC2)C1.I. The molecule has 2 heterocycles. The normalized spacial score (nSPS) is 23.2. The van der Waals surface area contributed by atoms with Crippen LogP contribution < -0.4 is 10.0 Å². The molecule has 2 fully saturated rings. The zero-order valence-electron chi connectivity index (χ0n) is 15.2. The van der Waals surface area contributed by atoms with Crippen LogP contribution in [0.2, 0.25) is 0 Å². The van der Waals surface area contributed by atoms with Crippen LogP contribution in [0.5, 0.6) is 0 Å². The standard InChI is InChI=1S/C17H26N4O3S.HI/c1-18-16(21-9-7-17(12-21)8-10-24-13-17)19-11-14-3-5-15(6-4-14)20-25(2,22)23;/h3-6,20H,7-13H2,1-2H3,(H,18,19);1H. The molecule has 1 aromatic carbocycles. The number of sulfonamides is 1. The topological polar surface area (TPSA) is 83.0 Å². The van der Waals surface area contributed by atoms with Crippen LogP contribution in [-0.4, -0.2) is 58.9 Å². The van der Waals surface area contributed by atoms with Gasteiger partial charge in [-0.15, -0.1) is 24.0 Å². The van der Waals surface area contributed by atoms with Crippen molar-refractivity contribution in [3.05, 3.63) is 29.8 Å². The molecule has 9 heteroatoms. The predicted molar refractivity (Wildman–Crippen MR) is 115 cm³/mol. The average Bonchev–Trinajstić information content (AvgIpc) is 3.19. The Morgan fingerprint density at radius 1 is 1.31 bits per heavy atom. The van der Waals surface area contributed by atoms with Crippen LogP contribution in [0.25, 0.3) is 0 Å². The Labute approximate surface area is 172 Å². The van der Waals surface area contributed by atoms with Crippen molar-refractivity contribution >= 4 is 45.6 Å². The zero-order chi connectivity index (χ0) is 17.9. The third-order valence-corrected chi connectivity index (χ3v) is 5.45. The molecule has 7 nitrogen and oxygen atoms in total. The maximum atomic E-state index is 11.2. The Bertz CT molecular complexity index is 731. The molecule has 2 aliphatic rings. The molecule has 0 aliphatic carbocycles. The van der Waals surface area contributed by atoms with Gasteiger partial charge in [0.25, 0.3) is 0 Å². The summed E-state index contributed by atoms with van der Waals surface area (Å²) in [6, 6.07) is 7.34. The van der Waals surface area contributed by atoms with Gasteiger partial charge in [0, 0.05) is 44.4 Å². The summed E-state index contributed by atoms with van der Waals surface area (Å²) in [5.41, 5.74) is 1.94. The Hall–Kier alpha value is -1.07. The highest BCUT2D eigenvalue weighted by atomic mass is 127. The van der Waals surface area contributed by atoms with Crippen LogP contribution in [-0.2, 0) is 21.3 Å². The van der Waals surface area contributed by atoms with E-state index in [-0.39, 0.29) is 24.0 Å². The highest BCUT2D eigenvalue weighted by Gasteiger charge is 2.42. The van der Waals surface area contributed by atoms with Crippen molar-refractivity contribution in [2.45, 2.75) is 19.4 Å². The number of guanidine groups is 1. The Morgan fingerprint density at radius 3 is 2.62 bits per heavy atom. The Balaban J connectivity index is 0.00000243. The summed E-state index contributed by atoms with van der Waals surface area (Å²) >= 11 is 0. The lowest BCUT2D eigenvalue weighted by Gasteiger charge is -2.25. The molecule has 2 N–H and O–H groups in total. The van der Waals surface area contributed by atoms with E-state index in [1.807, 2.05) is 12.1 Å². The molecule has 0 saturated carbocycles. The fourth-order valence-corrected chi connectivity index (χ4v) is 4.07. The summed E-state index contributed by atoms with van der Waals surface area (Å²) < 4.78 is 30.5. The van der Waals surface area contributed by atoms with E-state index in [0.717, 1.165) is 56.9 Å². The minimum absolute atomic E-state index is 0. The lowest BCUT2D eigenvalue weighted by atomic mass is 9.87. The van der Waals surface area contributed by atoms with E-state index in [1.165, 1.54) is 0 Å². The number of benzene rings is 1. The largest absolute Gasteiger partial charge is 0.381 e. The summed E-state index contributed by atoms with van der Waals surface area (Å²) in [5.74, 6) is 0.905. The van der Waals surface area contributed by atoms with E-state index in [4.69, 9.17) is 4.74 Å². The van der Waals surface area contributed by atoms with Gasteiger partial charge in [0.1, 0.15) is 0 Å². The molecule has 2 saturated heterocycles. The fraction of sp³-hybridized carbons (Fsp3) is 0.588. The molecular weight excluding hydrogens is 467 g/mol. The molecule has 1 atom stereocenters. The number of ether oxygens (including phenoxy) is 1. The third-order valence-electron chi connectivity index (χ3n) is 4.84. The zero-order valence-corrected chi connectivity index (χ0v) is 18.3. The number of aliphatic imine (C=N–C) groups is 1. The highest BCUT2D eigenvalue weighted by Crippen LogP contribution is 2.38. The summed E-state index contributed by atoms with van der Waals surface area (Å²) in [6.45, 7) is 4.36. The first-order valence-corrected chi connectivity index (χ1v) is 10.4. The van der Waals surface area contributed by atoms with Gasteiger partial charge in [-0.2, -0.15) is 0 Å². The van der Waals surface area contributed by atoms with Crippen molar-refractivity contribution in [2.75, 3.05) is 44.3 Å². The fourth-order valence-electron chi connectivity index (χ4n) is 3.51. The first-order chi connectivity index (χ1) is 11.9. The summed E-state index contributed by atoms with van der Waals surface area (Å²) in [7, 11) is -1.44. The first-order valence-electron chi connectivity index (χ1n) is 8.49. The maximum Gasteiger partial charge on any atom is 0.229 e. The molecule has 0 amide bonds. The van der Waals surface area contributed by atoms with Gasteiger partial charge in [-0.05, 0) is 30.5 Å². The summed E-state index contributed by atoms with van der Waals surface area (Å²) in [6.07, 6.45) is 3.43. The summed E-state index contributed by atoms with van der Waals surface area (Å²) in [5, 5.41) is 3.40. The van der Waals surface area contributed by atoms with E-state index >= 15 is 0 Å². The van der Waals surface area contributed by atoms with Crippen LogP contribution in [0, 0.1) is 5.41 Å². The second-order valence-corrected chi connectivity index (χ2v) is 8.69. The van der Waals surface area contributed by atoms with Crippen LogP contribution in [0.3, 0.4) is 0 Å². The molecule has 146 valence electrons. The number of likely N-dealkylation sites (tertiary alicyclic amines) is 1. The van der Waals surface area contributed by atoms with Crippen molar-refractivity contribution in [2.24, 2.45) is 10.4 Å². The van der Waals surface area contributed by atoms with Crippen LogP contribution >= 0.6 is 24.0 Å². The van der Waals surface area contributed by atoms with E-state index in [2.05, 4.69) is 19.9 Å². The highest BCUT2D eigenvalue weighted by molar-refractivity contribution is 14.0. The van der Waals surface area contributed by atoms with Gasteiger partial charge in [0.2, 0.25) is 10.0 Å². The molecule has 0 bridgehead atoms. The molecular formula is C17H27IN4O3S. The van der Waals surface area contributed by atoms with E-state index in [1.54, 1.807) is 19.2 Å². The van der Waals surface area contributed by atoms with Gasteiger partial charge >= 0.3 is 0 Å². The van der Waals surface area contributed by atoms with Crippen molar-refractivity contribution in [1.82, 2.24) is 10.2 Å². The number of rotatable bonds is 4. The minimum Gasteiger partial charge on any atom is -0.381 e. The van der Waals surface area contributed by atoms with Gasteiger partial charge in [0.15, 0.2) is 5.96 Å². The van der Waals surface area contributed by atoms with Crippen LogP contribution in [0.15, 0.2) is 29.3 Å². The van der Waals surface area contributed by atoms with E-state index in [9.17, 15) is 8.42 Å². The molecule has 1 spiro atoms. The molecule has 3 rings (SSSR count). The molecule has 0 radical (unpaired) electrons. The number of nitrogens with one attached hydrogen (secondary N) is 2. The predicted octanol–water partition coefficient (Wildman–Crippen LogP) is 1.86. The van der Waals surface area contributed by atoms with Crippen LogP contribution in [0.4, 0.5) is 5.69 Å². The van der Waals surface area contributed by atoms with E-state index < -0.39 is 10.0 Å². The van der Waals surface area contributed by atoms with Gasteiger partial charge in [-0.1, -0.05) is 12.1 Å². The quantitative estimate of drug-likeness (QED) is 0.380. The van der Waals surface area contributed by atoms with Gasteiger partial charge in [-0.25, -0.2) is 8.42 Å². The third kappa shape index (κ3) is 5.46. The molecule has 26 heavy (non-hydrogen) atoms. The lowest BCUT2D eigenvalue weighted by Crippen LogP contribution is -2.41. The molecule has 1 unspecified atom stereocenters. The second-order valence-electron chi connectivity index (χ2n) is 6.95. The molecule has 1 aromatic rings. The lowest BCUT2D eigenvalue weighted by molar-refractivity contribution is 0.156. The average molecular weight is 494 g/mol. The van der Waals surface area contributed by atoms with Crippen molar-refractivity contribution in [3.8, 4) is 0 Å². The van der Waals surface area contributed by atoms with Crippen LogP contribution in [0.1, 0.15) is 18.4 Å². The smallest absolute Gasteiger partial charge is 0.229 e. The Kier molecular flexibility index (Phi) is 7.14. The number of nitrogens with zero attached hydrogens (tertiary/aromatic N) is 2. The number of hydrogen-bond acceptors (Lipinski definition) is 4. The number of hydrogen-bond donors (Lipinski definition) is 2. The van der Waals surface area contributed by atoms with E-state index in [0.29, 0.717) is 17.6 Å². The molecule has 0 aromatic heterocycles. The maximum absolute atomic E-state index is 11.2.